The van der Waals surface area contributed by atoms with Crippen molar-refractivity contribution in [3.05, 3.63) is 67.0 Å². The zero-order valence-corrected chi connectivity index (χ0v) is 18.3. The number of aliphatic hydroxyl groups is 1. The molecule has 0 atom stereocenters. The second kappa shape index (κ2) is 8.62. The molecule has 2 aromatic carbocycles. The van der Waals surface area contributed by atoms with Gasteiger partial charge >= 0.3 is 5.57 Å². The predicted octanol–water partition coefficient (Wildman–Crippen LogP) is 4.61. The van der Waals surface area contributed by atoms with Gasteiger partial charge < -0.3 is 19.7 Å². The number of hydrogen-bond acceptors (Lipinski definition) is 6. The molecule has 2 aromatic heterocycles. The molecule has 0 bridgehead atoms. The summed E-state index contributed by atoms with van der Waals surface area (Å²) in [6.45, 7) is 0. The zero-order valence-electron chi connectivity index (χ0n) is 17.5. The maximum absolute atomic E-state index is 13.0. The van der Waals surface area contributed by atoms with Crippen LogP contribution in [-0.2, 0) is 0 Å². The molecule has 1 amide bonds. The molecule has 8 nitrogen and oxygen atoms in total. The standard InChI is InChI=1S/C23H18ClF2N5O3/c24-23(25,26)34-18-3-1-15(2-4-18)30-22(33)13-5-19(14-9-27-11-28-10-14)21-20(6-13)29-12-31(21)16-7-17(32)8-16/h1-6,9-12,16-17,32H,7-8H2,(H,30,33). The number of alkyl halides is 3. The lowest BCUT2D eigenvalue weighted by Crippen LogP contribution is -2.30. The van der Waals surface area contributed by atoms with E-state index in [1.54, 1.807) is 30.9 Å². The van der Waals surface area contributed by atoms with Crippen molar-refractivity contribution in [1.29, 1.82) is 0 Å². The Morgan fingerprint density at radius 3 is 2.53 bits per heavy atom. The van der Waals surface area contributed by atoms with E-state index < -0.39 is 11.5 Å². The third-order valence-electron chi connectivity index (χ3n) is 5.63. The highest BCUT2D eigenvalue weighted by Crippen LogP contribution is 2.38. The molecule has 0 saturated heterocycles. The minimum Gasteiger partial charge on any atom is -0.420 e. The lowest BCUT2D eigenvalue weighted by atomic mass is 9.89. The highest BCUT2D eigenvalue weighted by Gasteiger charge is 2.31. The van der Waals surface area contributed by atoms with Crippen molar-refractivity contribution in [2.24, 2.45) is 0 Å². The Bertz CT molecular complexity index is 1340. The van der Waals surface area contributed by atoms with Crippen LogP contribution >= 0.6 is 11.6 Å². The number of benzene rings is 2. The SMILES string of the molecule is O=C(Nc1ccc(OC(F)(F)Cl)cc1)c1cc(-c2cncnc2)c2c(c1)ncn2C1CC(O)C1. The molecule has 1 aliphatic carbocycles. The number of nitrogens with one attached hydrogen (secondary N) is 1. The molecule has 0 radical (unpaired) electrons. The van der Waals surface area contributed by atoms with Crippen molar-refractivity contribution < 1.29 is 23.4 Å². The molecule has 1 fully saturated rings. The molecule has 5 rings (SSSR count). The number of rotatable bonds is 6. The molecular weight excluding hydrogens is 468 g/mol. The topological polar surface area (TPSA) is 102 Å². The maximum Gasteiger partial charge on any atom is 0.487 e. The molecule has 11 heteroatoms. The van der Waals surface area contributed by atoms with Gasteiger partial charge in [-0.15, -0.1) is 8.78 Å². The molecular formula is C23H18ClF2N5O3. The summed E-state index contributed by atoms with van der Waals surface area (Å²) in [4.78, 5) is 25.7. The Morgan fingerprint density at radius 2 is 1.88 bits per heavy atom. The predicted molar refractivity (Wildman–Crippen MR) is 121 cm³/mol. The Morgan fingerprint density at radius 1 is 1.18 bits per heavy atom. The van der Waals surface area contributed by atoms with E-state index in [9.17, 15) is 18.7 Å². The first-order chi connectivity index (χ1) is 16.3. The molecule has 1 aliphatic rings. The quantitative estimate of drug-likeness (QED) is 0.387. The third kappa shape index (κ3) is 4.55. The lowest BCUT2D eigenvalue weighted by molar-refractivity contribution is -0.0964. The first-order valence-corrected chi connectivity index (χ1v) is 10.8. The summed E-state index contributed by atoms with van der Waals surface area (Å²) >= 11 is 4.77. The highest BCUT2D eigenvalue weighted by atomic mass is 35.5. The summed E-state index contributed by atoms with van der Waals surface area (Å²) in [7, 11) is 0. The fraction of sp³-hybridized carbons (Fsp3) is 0.217. The summed E-state index contributed by atoms with van der Waals surface area (Å²) in [6.07, 6.45) is 7.38. The lowest BCUT2D eigenvalue weighted by Gasteiger charge is -2.33. The number of ether oxygens (including phenoxy) is 1. The number of aromatic nitrogens is 4. The molecule has 1 saturated carbocycles. The number of amides is 1. The summed E-state index contributed by atoms with van der Waals surface area (Å²) in [5, 5.41) is 12.5. The van der Waals surface area contributed by atoms with Gasteiger partial charge in [0.1, 0.15) is 12.1 Å². The monoisotopic (exact) mass is 485 g/mol. The van der Waals surface area contributed by atoms with Crippen LogP contribution < -0.4 is 10.1 Å². The molecule has 4 aromatic rings. The summed E-state index contributed by atoms with van der Waals surface area (Å²) in [6, 6.07) is 8.93. The van der Waals surface area contributed by atoms with Crippen LogP contribution in [0.2, 0.25) is 0 Å². The zero-order chi connectivity index (χ0) is 23.9. The van der Waals surface area contributed by atoms with Gasteiger partial charge in [0.05, 0.1) is 23.5 Å². The van der Waals surface area contributed by atoms with E-state index in [1.165, 1.54) is 30.6 Å². The van der Waals surface area contributed by atoms with Gasteiger partial charge in [-0.25, -0.2) is 15.0 Å². The van der Waals surface area contributed by atoms with Gasteiger partial charge in [0.15, 0.2) is 0 Å². The van der Waals surface area contributed by atoms with E-state index in [0.717, 1.165) is 11.1 Å². The number of anilines is 1. The normalized spacial score (nSPS) is 17.9. The van der Waals surface area contributed by atoms with Gasteiger partial charge in [-0.1, -0.05) is 0 Å². The number of carbonyl (C=O) groups is 1. The second-order valence-electron chi connectivity index (χ2n) is 7.98. The minimum absolute atomic E-state index is 0.115. The fourth-order valence-electron chi connectivity index (χ4n) is 3.97. The van der Waals surface area contributed by atoms with Gasteiger partial charge in [0.25, 0.3) is 5.91 Å². The van der Waals surface area contributed by atoms with Gasteiger partial charge in [0, 0.05) is 52.4 Å². The van der Waals surface area contributed by atoms with E-state index in [1.807, 2.05) is 4.57 Å². The van der Waals surface area contributed by atoms with Crippen LogP contribution in [0.25, 0.3) is 22.2 Å². The molecule has 2 heterocycles. The number of halogens is 3. The van der Waals surface area contributed by atoms with Crippen LogP contribution in [0.1, 0.15) is 29.2 Å². The molecule has 34 heavy (non-hydrogen) atoms. The van der Waals surface area contributed by atoms with Crippen LogP contribution in [0.4, 0.5) is 14.5 Å². The van der Waals surface area contributed by atoms with Crippen LogP contribution in [-0.4, -0.2) is 42.2 Å². The number of carbonyl (C=O) groups excluding carboxylic acids is 1. The van der Waals surface area contributed by atoms with Gasteiger partial charge in [-0.05, 0) is 49.2 Å². The van der Waals surface area contributed by atoms with Crippen molar-refractivity contribution in [3.8, 4) is 16.9 Å². The first-order valence-electron chi connectivity index (χ1n) is 10.4. The van der Waals surface area contributed by atoms with E-state index in [4.69, 9.17) is 11.6 Å². The Balaban J connectivity index is 1.47. The van der Waals surface area contributed by atoms with Gasteiger partial charge in [0.2, 0.25) is 0 Å². The molecule has 0 spiro atoms. The molecule has 0 unspecified atom stereocenters. The Labute approximate surface area is 197 Å². The molecule has 174 valence electrons. The average Bonchev–Trinajstić information content (AvgIpc) is 3.21. The summed E-state index contributed by atoms with van der Waals surface area (Å²) in [5.74, 6) is -0.553. The van der Waals surface area contributed by atoms with Gasteiger partial charge in [-0.2, -0.15) is 0 Å². The largest absolute Gasteiger partial charge is 0.487 e. The third-order valence-corrected chi connectivity index (χ3v) is 5.71. The highest BCUT2D eigenvalue weighted by molar-refractivity contribution is 6.20. The number of hydrogen-bond donors (Lipinski definition) is 2. The number of nitrogens with zero attached hydrogens (tertiary/aromatic N) is 4. The average molecular weight is 486 g/mol. The van der Waals surface area contributed by atoms with E-state index >= 15 is 0 Å². The van der Waals surface area contributed by atoms with E-state index in [-0.39, 0.29) is 17.9 Å². The summed E-state index contributed by atoms with van der Waals surface area (Å²) < 4.78 is 31.9. The fourth-order valence-corrected chi connectivity index (χ4v) is 4.06. The smallest absolute Gasteiger partial charge is 0.420 e. The van der Waals surface area contributed by atoms with Crippen molar-refractivity contribution in [2.45, 2.75) is 30.6 Å². The first kappa shape index (κ1) is 22.2. The molecule has 2 N–H and O–H groups in total. The van der Waals surface area contributed by atoms with Crippen LogP contribution in [0.3, 0.4) is 0 Å². The van der Waals surface area contributed by atoms with Crippen molar-refractivity contribution in [3.63, 3.8) is 0 Å². The van der Waals surface area contributed by atoms with Crippen molar-refractivity contribution >= 4 is 34.2 Å². The van der Waals surface area contributed by atoms with Crippen LogP contribution in [0.5, 0.6) is 5.75 Å². The molecule has 0 aliphatic heterocycles. The maximum atomic E-state index is 13.0. The minimum atomic E-state index is -3.82. The Kier molecular flexibility index (Phi) is 5.62. The van der Waals surface area contributed by atoms with E-state index in [2.05, 4.69) is 25.0 Å². The number of fused-ring (bicyclic) bond motifs is 1. The number of imidazole rings is 1. The van der Waals surface area contributed by atoms with Gasteiger partial charge in [-0.3, -0.25) is 4.79 Å². The Hall–Kier alpha value is -3.63. The number of aliphatic hydroxyl groups excluding tert-OH is 1. The van der Waals surface area contributed by atoms with Crippen LogP contribution in [0, 0.1) is 0 Å². The van der Waals surface area contributed by atoms with Crippen molar-refractivity contribution in [1.82, 2.24) is 19.5 Å². The van der Waals surface area contributed by atoms with E-state index in [0.29, 0.717) is 35.2 Å². The second-order valence-corrected chi connectivity index (χ2v) is 8.42. The van der Waals surface area contributed by atoms with Crippen molar-refractivity contribution in [2.75, 3.05) is 5.32 Å². The van der Waals surface area contributed by atoms with Crippen LogP contribution in [0.15, 0.2) is 61.4 Å². The summed E-state index contributed by atoms with van der Waals surface area (Å²) in [5.41, 5.74) is -0.208.